The van der Waals surface area contributed by atoms with Crippen LogP contribution in [-0.2, 0) is 16.9 Å². The summed E-state index contributed by atoms with van der Waals surface area (Å²) in [6.45, 7) is 3.53. The highest BCUT2D eigenvalue weighted by Crippen LogP contribution is 2.40. The molecule has 2 heterocycles. The van der Waals surface area contributed by atoms with Crippen molar-refractivity contribution in [2.45, 2.75) is 18.7 Å². The number of hydrogen-bond donors (Lipinski definition) is 1. The average molecular weight is 457 g/mol. The number of rotatable bonds is 5. The summed E-state index contributed by atoms with van der Waals surface area (Å²) in [4.78, 5) is 15.2. The van der Waals surface area contributed by atoms with Gasteiger partial charge in [-0.05, 0) is 48.9 Å². The number of pyridine rings is 1. The Morgan fingerprint density at radius 2 is 1.81 bits per heavy atom. The van der Waals surface area contributed by atoms with Crippen molar-refractivity contribution in [1.82, 2.24) is 9.55 Å². The van der Waals surface area contributed by atoms with Crippen molar-refractivity contribution in [3.63, 3.8) is 0 Å². The van der Waals surface area contributed by atoms with Gasteiger partial charge in [0.2, 0.25) is 0 Å². The van der Waals surface area contributed by atoms with Gasteiger partial charge in [-0.3, -0.25) is 4.79 Å². The van der Waals surface area contributed by atoms with Gasteiger partial charge < -0.3 is 14.3 Å². The molecule has 0 radical (unpaired) electrons. The van der Waals surface area contributed by atoms with Gasteiger partial charge in [0.15, 0.2) is 9.84 Å². The van der Waals surface area contributed by atoms with Gasteiger partial charge in [0.05, 0.1) is 15.7 Å². The van der Waals surface area contributed by atoms with Gasteiger partial charge in [-0.25, -0.2) is 8.42 Å². The van der Waals surface area contributed by atoms with E-state index in [1.54, 1.807) is 61.3 Å². The molecule has 8 heteroatoms. The van der Waals surface area contributed by atoms with Crippen LogP contribution in [0.25, 0.3) is 22.0 Å². The van der Waals surface area contributed by atoms with Crippen LogP contribution in [0.15, 0.2) is 64.5 Å². The molecule has 0 bridgehead atoms. The highest BCUT2D eigenvalue weighted by Gasteiger charge is 2.20. The van der Waals surface area contributed by atoms with Crippen molar-refractivity contribution in [2.24, 2.45) is 7.05 Å². The Hall–Kier alpha value is -3.03. The molecule has 0 unspecified atom stereocenters. The second-order valence-electron chi connectivity index (χ2n) is 7.32. The van der Waals surface area contributed by atoms with Crippen LogP contribution in [-0.4, -0.2) is 23.7 Å². The first kappa shape index (κ1) is 21.2. The lowest BCUT2D eigenvalue weighted by Gasteiger charge is -2.14. The molecule has 0 atom stereocenters. The molecule has 6 nitrogen and oxygen atoms in total. The third-order valence-electron chi connectivity index (χ3n) is 5.19. The van der Waals surface area contributed by atoms with Crippen LogP contribution in [0.3, 0.4) is 0 Å². The van der Waals surface area contributed by atoms with Crippen LogP contribution in [0.2, 0.25) is 5.02 Å². The molecule has 0 aliphatic rings. The molecule has 0 amide bonds. The predicted molar refractivity (Wildman–Crippen MR) is 123 cm³/mol. The Labute approximate surface area is 185 Å². The number of nitrogens with zero attached hydrogens (tertiary/aromatic N) is 1. The van der Waals surface area contributed by atoms with Gasteiger partial charge in [-0.1, -0.05) is 24.6 Å². The Bertz CT molecular complexity index is 1470. The fourth-order valence-corrected chi connectivity index (χ4v) is 4.74. The first-order valence-corrected chi connectivity index (χ1v) is 11.7. The van der Waals surface area contributed by atoms with Crippen molar-refractivity contribution < 1.29 is 13.2 Å². The number of fused-ring (bicyclic) bond motifs is 1. The van der Waals surface area contributed by atoms with E-state index in [1.165, 1.54) is 6.07 Å². The van der Waals surface area contributed by atoms with Gasteiger partial charge in [-0.15, -0.1) is 0 Å². The molecule has 4 rings (SSSR count). The van der Waals surface area contributed by atoms with Crippen LogP contribution >= 0.6 is 11.6 Å². The minimum atomic E-state index is -3.44. The minimum Gasteiger partial charge on any atom is -0.455 e. The Morgan fingerprint density at radius 3 is 2.52 bits per heavy atom. The number of benzene rings is 2. The number of ether oxygens (including phenoxy) is 1. The number of aromatic nitrogens is 2. The predicted octanol–water partition coefficient (Wildman–Crippen LogP) is 5.08. The Balaban J connectivity index is 1.98. The number of aryl methyl sites for hydroxylation is 2. The van der Waals surface area contributed by atoms with Crippen molar-refractivity contribution in [3.8, 4) is 22.6 Å². The molecule has 31 heavy (non-hydrogen) atoms. The monoisotopic (exact) mass is 456 g/mol. The van der Waals surface area contributed by atoms with E-state index < -0.39 is 9.84 Å². The van der Waals surface area contributed by atoms with Gasteiger partial charge >= 0.3 is 0 Å². The number of sulfone groups is 1. The number of halogens is 1. The molecule has 160 valence electrons. The molecular weight excluding hydrogens is 436 g/mol. The lowest BCUT2D eigenvalue weighted by atomic mass is 10.0. The zero-order valence-electron chi connectivity index (χ0n) is 17.3. The third kappa shape index (κ3) is 3.86. The van der Waals surface area contributed by atoms with Gasteiger partial charge in [-0.2, -0.15) is 0 Å². The van der Waals surface area contributed by atoms with Crippen molar-refractivity contribution in [2.75, 3.05) is 5.75 Å². The third-order valence-corrected chi connectivity index (χ3v) is 7.22. The number of H-pyrrole nitrogens is 1. The molecule has 0 fully saturated rings. The van der Waals surface area contributed by atoms with Crippen LogP contribution in [0.5, 0.6) is 11.5 Å². The van der Waals surface area contributed by atoms with E-state index in [-0.39, 0.29) is 16.2 Å². The van der Waals surface area contributed by atoms with E-state index in [9.17, 15) is 13.2 Å². The summed E-state index contributed by atoms with van der Waals surface area (Å²) in [7, 11) is -1.67. The first-order valence-electron chi connectivity index (χ1n) is 9.69. The molecule has 2 aromatic heterocycles. The summed E-state index contributed by atoms with van der Waals surface area (Å²) in [6.07, 6.45) is 3.36. The van der Waals surface area contributed by atoms with Crippen LogP contribution in [0.1, 0.15) is 12.5 Å². The van der Waals surface area contributed by atoms with Gasteiger partial charge in [0.1, 0.15) is 17.0 Å². The van der Waals surface area contributed by atoms with E-state index in [0.717, 1.165) is 5.56 Å². The van der Waals surface area contributed by atoms with Crippen LogP contribution in [0, 0.1) is 6.92 Å². The van der Waals surface area contributed by atoms with E-state index in [0.29, 0.717) is 38.6 Å². The molecule has 0 aliphatic carbocycles. The minimum absolute atomic E-state index is 0.0222. The average Bonchev–Trinajstić information content (AvgIpc) is 3.08. The zero-order chi connectivity index (χ0) is 22.3. The molecule has 4 aromatic rings. The summed E-state index contributed by atoms with van der Waals surface area (Å²) in [5.74, 6) is 0.873. The van der Waals surface area contributed by atoms with Crippen LogP contribution < -0.4 is 10.3 Å². The smallest absolute Gasteiger partial charge is 0.272 e. The van der Waals surface area contributed by atoms with Gasteiger partial charge in [0.25, 0.3) is 5.56 Å². The number of nitrogens with one attached hydrogen (secondary N) is 1. The SMILES string of the molecule is CCS(=O)(=O)c1ccc(Oc2ccc(C)cc2Cl)c(-c2cn(C)c3c(=O)[nH]ccc23)c1. The van der Waals surface area contributed by atoms with E-state index in [2.05, 4.69) is 4.98 Å². The highest BCUT2D eigenvalue weighted by molar-refractivity contribution is 7.91. The maximum Gasteiger partial charge on any atom is 0.272 e. The zero-order valence-corrected chi connectivity index (χ0v) is 18.8. The molecule has 0 saturated carbocycles. The molecule has 1 N–H and O–H groups in total. The normalized spacial score (nSPS) is 11.7. The molecular formula is C23H21ClN2O4S. The van der Waals surface area contributed by atoms with Crippen molar-refractivity contribution >= 4 is 32.3 Å². The lowest BCUT2D eigenvalue weighted by molar-refractivity contribution is 0.484. The summed E-state index contributed by atoms with van der Waals surface area (Å²) in [5, 5.41) is 1.14. The van der Waals surface area contributed by atoms with E-state index >= 15 is 0 Å². The van der Waals surface area contributed by atoms with E-state index in [4.69, 9.17) is 16.3 Å². The van der Waals surface area contributed by atoms with Crippen LogP contribution in [0.4, 0.5) is 0 Å². The summed E-state index contributed by atoms with van der Waals surface area (Å²) < 4.78 is 32.9. The molecule has 0 aliphatic heterocycles. The standard InChI is InChI=1S/C23H21ClN2O4S/c1-4-31(28,29)15-6-8-20(30-21-7-5-14(2)11-19(21)24)17(12-15)18-13-26(3)22-16(18)9-10-25-23(22)27/h5-13H,4H2,1-3H3,(H,25,27). The summed E-state index contributed by atoms with van der Waals surface area (Å²) in [5.41, 5.74) is 2.50. The quantitative estimate of drug-likeness (QED) is 0.454. The second-order valence-corrected chi connectivity index (χ2v) is 10.0. The maximum absolute atomic E-state index is 12.5. The summed E-state index contributed by atoms with van der Waals surface area (Å²) in [6, 6.07) is 12.0. The highest BCUT2D eigenvalue weighted by atomic mass is 35.5. The van der Waals surface area contributed by atoms with E-state index in [1.807, 2.05) is 13.0 Å². The Kier molecular flexibility index (Phi) is 5.41. The van der Waals surface area contributed by atoms with Crippen molar-refractivity contribution in [1.29, 1.82) is 0 Å². The lowest BCUT2D eigenvalue weighted by Crippen LogP contribution is -2.07. The first-order chi connectivity index (χ1) is 14.7. The second kappa shape index (κ2) is 7.90. The maximum atomic E-state index is 12.5. The molecule has 0 spiro atoms. The Morgan fingerprint density at radius 1 is 1.06 bits per heavy atom. The number of aromatic amines is 1. The molecule has 0 saturated heterocycles. The largest absolute Gasteiger partial charge is 0.455 e. The van der Waals surface area contributed by atoms with Crippen molar-refractivity contribution in [3.05, 3.63) is 75.8 Å². The molecule has 2 aromatic carbocycles. The van der Waals surface area contributed by atoms with Gasteiger partial charge in [0, 0.05) is 36.0 Å². The fourth-order valence-electron chi connectivity index (χ4n) is 3.56. The summed E-state index contributed by atoms with van der Waals surface area (Å²) >= 11 is 6.35. The number of hydrogen-bond acceptors (Lipinski definition) is 4. The topological polar surface area (TPSA) is 81.2 Å². The fraction of sp³-hybridized carbons (Fsp3) is 0.174.